The van der Waals surface area contributed by atoms with Crippen LogP contribution >= 0.6 is 45.2 Å². The van der Waals surface area contributed by atoms with Crippen LogP contribution in [-0.4, -0.2) is 24.9 Å². The number of nitrogen functional groups attached to an aromatic ring is 2. The summed E-state index contributed by atoms with van der Waals surface area (Å²) in [4.78, 5) is 0. The third-order valence-corrected chi connectivity index (χ3v) is 6.23. The first-order chi connectivity index (χ1) is 14.4. The highest BCUT2D eigenvalue weighted by Crippen LogP contribution is 2.23. The largest absolute Gasteiger partial charge is 0.492 e. The van der Waals surface area contributed by atoms with Gasteiger partial charge in [-0.3, -0.25) is 10.8 Å². The minimum Gasteiger partial charge on any atom is -0.492 e. The summed E-state index contributed by atoms with van der Waals surface area (Å²) in [6, 6.07) is 11.2. The van der Waals surface area contributed by atoms with Gasteiger partial charge in [-0.05, 0) is 94.4 Å². The number of nitrogens with two attached hydrogens (primary N) is 2. The number of amidine groups is 2. The second-order valence-corrected chi connectivity index (χ2v) is 9.26. The van der Waals surface area contributed by atoms with Gasteiger partial charge in [0.25, 0.3) is 0 Å². The SMILES string of the molecule is N=C(N)c1ccc(OCCCCCCCCOc2ccc(C(=N)N)cc2I)c(I)c1. The summed E-state index contributed by atoms with van der Waals surface area (Å²) >= 11 is 4.42. The molecular weight excluding hydrogens is 606 g/mol. The van der Waals surface area contributed by atoms with E-state index in [2.05, 4.69) is 45.2 Å². The van der Waals surface area contributed by atoms with Crippen LogP contribution in [0.3, 0.4) is 0 Å². The second kappa shape index (κ2) is 13.0. The molecule has 2 aromatic carbocycles. The lowest BCUT2D eigenvalue weighted by atomic mass is 10.1. The van der Waals surface area contributed by atoms with E-state index in [1.807, 2.05) is 36.4 Å². The predicted octanol–water partition coefficient (Wildman–Crippen LogP) is 5.26. The molecule has 0 aliphatic heterocycles. The Balaban J connectivity index is 1.52. The van der Waals surface area contributed by atoms with E-state index in [1.165, 1.54) is 12.8 Å². The summed E-state index contributed by atoms with van der Waals surface area (Å²) in [6.07, 6.45) is 6.73. The highest BCUT2D eigenvalue weighted by Gasteiger charge is 2.05. The monoisotopic (exact) mass is 634 g/mol. The van der Waals surface area contributed by atoms with Crippen molar-refractivity contribution in [2.75, 3.05) is 13.2 Å². The Labute approximate surface area is 205 Å². The van der Waals surface area contributed by atoms with Crippen LogP contribution in [-0.2, 0) is 0 Å². The van der Waals surface area contributed by atoms with Crippen LogP contribution in [0.4, 0.5) is 0 Å². The van der Waals surface area contributed by atoms with Crippen molar-refractivity contribution >= 4 is 56.9 Å². The smallest absolute Gasteiger partial charge is 0.132 e. The van der Waals surface area contributed by atoms with Gasteiger partial charge in [-0.25, -0.2) is 0 Å². The molecule has 0 aliphatic carbocycles. The molecule has 6 N–H and O–H groups in total. The minimum atomic E-state index is 0.0745. The Morgan fingerprint density at radius 1 is 0.667 bits per heavy atom. The molecular formula is C22H28I2N4O2. The van der Waals surface area contributed by atoms with E-state index in [4.69, 9.17) is 31.8 Å². The maximum Gasteiger partial charge on any atom is 0.132 e. The van der Waals surface area contributed by atoms with Crippen molar-refractivity contribution in [3.8, 4) is 11.5 Å². The van der Waals surface area contributed by atoms with Crippen LogP contribution in [0.25, 0.3) is 0 Å². The van der Waals surface area contributed by atoms with Gasteiger partial charge < -0.3 is 20.9 Å². The van der Waals surface area contributed by atoms with Crippen LogP contribution in [0.1, 0.15) is 49.7 Å². The third-order valence-electron chi connectivity index (χ3n) is 4.54. The van der Waals surface area contributed by atoms with Gasteiger partial charge in [-0.1, -0.05) is 25.7 Å². The van der Waals surface area contributed by atoms with E-state index in [0.717, 1.165) is 55.4 Å². The summed E-state index contributed by atoms with van der Waals surface area (Å²) in [5.41, 5.74) is 12.4. The predicted molar refractivity (Wildman–Crippen MR) is 139 cm³/mol. The van der Waals surface area contributed by atoms with E-state index in [1.54, 1.807) is 0 Å². The maximum atomic E-state index is 7.47. The summed E-state index contributed by atoms with van der Waals surface area (Å²) in [7, 11) is 0. The van der Waals surface area contributed by atoms with Crippen LogP contribution in [0.15, 0.2) is 36.4 Å². The summed E-state index contributed by atoms with van der Waals surface area (Å²) < 4.78 is 13.6. The van der Waals surface area contributed by atoms with E-state index in [0.29, 0.717) is 13.2 Å². The number of ether oxygens (including phenoxy) is 2. The maximum absolute atomic E-state index is 7.47. The number of rotatable bonds is 13. The molecule has 0 saturated carbocycles. The number of hydrogen-bond acceptors (Lipinski definition) is 4. The van der Waals surface area contributed by atoms with Gasteiger partial charge >= 0.3 is 0 Å². The minimum absolute atomic E-state index is 0.0745. The van der Waals surface area contributed by atoms with E-state index in [-0.39, 0.29) is 11.7 Å². The molecule has 0 bridgehead atoms. The Morgan fingerprint density at radius 3 is 1.37 bits per heavy atom. The Kier molecular flexibility index (Phi) is 10.7. The lowest BCUT2D eigenvalue weighted by molar-refractivity contribution is 0.295. The normalized spacial score (nSPS) is 10.6. The average Bonchev–Trinajstić information content (AvgIpc) is 2.71. The number of nitrogens with one attached hydrogen (secondary N) is 2. The highest BCUT2D eigenvalue weighted by molar-refractivity contribution is 14.1. The Hall–Kier alpha value is -1.56. The van der Waals surface area contributed by atoms with Gasteiger partial charge in [-0.2, -0.15) is 0 Å². The molecule has 0 amide bonds. The first-order valence-corrected chi connectivity index (χ1v) is 12.1. The molecule has 30 heavy (non-hydrogen) atoms. The van der Waals surface area contributed by atoms with Gasteiger partial charge in [0.2, 0.25) is 0 Å². The fourth-order valence-corrected chi connectivity index (χ4v) is 4.19. The number of benzene rings is 2. The van der Waals surface area contributed by atoms with Gasteiger partial charge in [-0.15, -0.1) is 0 Å². The fourth-order valence-electron chi connectivity index (χ4n) is 2.85. The molecule has 0 spiro atoms. The molecule has 2 aromatic rings. The zero-order valence-electron chi connectivity index (χ0n) is 16.8. The van der Waals surface area contributed by atoms with Gasteiger partial charge in [0.15, 0.2) is 0 Å². The highest BCUT2D eigenvalue weighted by atomic mass is 127. The fraction of sp³-hybridized carbons (Fsp3) is 0.364. The van der Waals surface area contributed by atoms with Crippen LogP contribution in [0.2, 0.25) is 0 Å². The summed E-state index contributed by atoms with van der Waals surface area (Å²) in [5, 5.41) is 14.9. The number of halogens is 2. The van der Waals surface area contributed by atoms with Crippen molar-refractivity contribution in [2.24, 2.45) is 11.5 Å². The zero-order valence-corrected chi connectivity index (χ0v) is 21.2. The van der Waals surface area contributed by atoms with Crippen LogP contribution in [0.5, 0.6) is 11.5 Å². The third kappa shape index (κ3) is 8.29. The molecule has 6 nitrogen and oxygen atoms in total. The van der Waals surface area contributed by atoms with Gasteiger partial charge in [0, 0.05) is 11.1 Å². The van der Waals surface area contributed by atoms with Crippen LogP contribution in [0, 0.1) is 18.0 Å². The topological polar surface area (TPSA) is 118 Å². The summed E-state index contributed by atoms with van der Waals surface area (Å²) in [6.45, 7) is 1.40. The molecule has 0 radical (unpaired) electrons. The number of unbranched alkanes of at least 4 members (excludes halogenated alkanes) is 5. The molecule has 0 atom stereocenters. The average molecular weight is 634 g/mol. The molecule has 0 unspecified atom stereocenters. The Bertz CT molecular complexity index is 803. The van der Waals surface area contributed by atoms with Crippen molar-refractivity contribution in [3.63, 3.8) is 0 Å². The summed E-state index contributed by atoms with van der Waals surface area (Å²) in [5.74, 6) is 1.85. The van der Waals surface area contributed by atoms with E-state index >= 15 is 0 Å². The molecule has 0 heterocycles. The lowest BCUT2D eigenvalue weighted by Gasteiger charge is -2.10. The first-order valence-electron chi connectivity index (χ1n) is 9.92. The van der Waals surface area contributed by atoms with E-state index < -0.39 is 0 Å². The molecule has 162 valence electrons. The standard InChI is InChI=1S/C22H28I2N4O2/c23-17-13-15(21(25)26)7-9-19(17)29-11-5-3-1-2-4-6-12-30-20-10-8-16(22(27)28)14-18(20)24/h7-10,13-14H,1-6,11-12H2,(H3,25,26)(H3,27,28). The quantitative estimate of drug-likeness (QED) is 0.104. The molecule has 0 aromatic heterocycles. The van der Waals surface area contributed by atoms with Crippen molar-refractivity contribution in [2.45, 2.75) is 38.5 Å². The van der Waals surface area contributed by atoms with Crippen molar-refractivity contribution in [1.82, 2.24) is 0 Å². The molecule has 0 saturated heterocycles. The first kappa shape index (κ1) is 24.7. The molecule has 0 fully saturated rings. The second-order valence-electron chi connectivity index (χ2n) is 6.94. The molecule has 2 rings (SSSR count). The zero-order chi connectivity index (χ0) is 21.9. The molecule has 8 heteroatoms. The lowest BCUT2D eigenvalue weighted by Crippen LogP contribution is -2.11. The Morgan fingerprint density at radius 2 is 1.03 bits per heavy atom. The van der Waals surface area contributed by atoms with Gasteiger partial charge in [0.1, 0.15) is 23.2 Å². The van der Waals surface area contributed by atoms with Crippen molar-refractivity contribution in [3.05, 3.63) is 54.7 Å². The van der Waals surface area contributed by atoms with E-state index in [9.17, 15) is 0 Å². The van der Waals surface area contributed by atoms with Crippen LogP contribution < -0.4 is 20.9 Å². The van der Waals surface area contributed by atoms with Crippen molar-refractivity contribution in [1.29, 1.82) is 10.8 Å². The number of hydrogen-bond donors (Lipinski definition) is 4. The van der Waals surface area contributed by atoms with Crippen molar-refractivity contribution < 1.29 is 9.47 Å². The molecule has 0 aliphatic rings. The van der Waals surface area contributed by atoms with Gasteiger partial charge in [0.05, 0.1) is 20.4 Å².